The van der Waals surface area contributed by atoms with E-state index < -0.39 is 16.1 Å². The van der Waals surface area contributed by atoms with Crippen molar-refractivity contribution in [2.75, 3.05) is 7.11 Å². The van der Waals surface area contributed by atoms with Crippen LogP contribution in [0, 0.1) is 0 Å². The SMILES string of the molecule is COc1cc(C(=O)O)cc(Br)c1OS(=O)(=O)c1ccc(Cl)cc1. The fourth-order valence-electron chi connectivity index (χ4n) is 1.68. The zero-order valence-corrected chi connectivity index (χ0v) is 14.8. The van der Waals surface area contributed by atoms with Crippen LogP contribution >= 0.6 is 27.5 Å². The summed E-state index contributed by atoms with van der Waals surface area (Å²) in [5, 5.41) is 9.39. The minimum Gasteiger partial charge on any atom is -0.493 e. The molecule has 0 aromatic heterocycles. The molecule has 2 aromatic rings. The second-order valence-electron chi connectivity index (χ2n) is 4.29. The molecule has 0 saturated heterocycles. The average Bonchev–Trinajstić information content (AvgIpc) is 2.49. The van der Waals surface area contributed by atoms with E-state index in [1.54, 1.807) is 0 Å². The summed E-state index contributed by atoms with van der Waals surface area (Å²) in [4.78, 5) is 10.9. The molecule has 0 heterocycles. The van der Waals surface area contributed by atoms with Gasteiger partial charge in [0.1, 0.15) is 4.90 Å². The molecule has 2 aromatic carbocycles. The number of halogens is 2. The largest absolute Gasteiger partial charge is 0.493 e. The average molecular weight is 422 g/mol. The number of benzene rings is 2. The second kappa shape index (κ2) is 6.77. The van der Waals surface area contributed by atoms with Crippen LogP contribution in [0.1, 0.15) is 10.4 Å². The van der Waals surface area contributed by atoms with E-state index in [-0.39, 0.29) is 26.4 Å². The molecular formula is C14H10BrClO6S. The molecule has 6 nitrogen and oxygen atoms in total. The number of aromatic carboxylic acids is 1. The van der Waals surface area contributed by atoms with Crippen molar-refractivity contribution in [3.05, 3.63) is 51.5 Å². The third kappa shape index (κ3) is 3.95. The zero-order valence-electron chi connectivity index (χ0n) is 11.6. The molecular weight excluding hydrogens is 412 g/mol. The van der Waals surface area contributed by atoms with E-state index >= 15 is 0 Å². The van der Waals surface area contributed by atoms with Crippen molar-refractivity contribution in [2.45, 2.75) is 4.90 Å². The number of hydrogen-bond donors (Lipinski definition) is 1. The number of ether oxygens (including phenoxy) is 1. The van der Waals surface area contributed by atoms with Crippen LogP contribution in [-0.2, 0) is 10.1 Å². The van der Waals surface area contributed by atoms with E-state index in [9.17, 15) is 13.2 Å². The van der Waals surface area contributed by atoms with E-state index in [0.717, 1.165) is 0 Å². The number of carbonyl (C=O) groups is 1. The third-order valence-corrected chi connectivity index (χ3v) is 4.85. The van der Waals surface area contributed by atoms with Crippen molar-refractivity contribution in [3.63, 3.8) is 0 Å². The lowest BCUT2D eigenvalue weighted by Crippen LogP contribution is -2.11. The number of hydrogen-bond acceptors (Lipinski definition) is 5. The van der Waals surface area contributed by atoms with E-state index in [0.29, 0.717) is 5.02 Å². The molecule has 122 valence electrons. The van der Waals surface area contributed by atoms with E-state index in [2.05, 4.69) is 15.9 Å². The summed E-state index contributed by atoms with van der Waals surface area (Å²) >= 11 is 8.81. The first-order chi connectivity index (χ1) is 10.7. The van der Waals surface area contributed by atoms with Gasteiger partial charge in [0.2, 0.25) is 0 Å². The standard InChI is InChI=1S/C14H10BrClO6S/c1-21-12-7-8(14(17)18)6-11(15)13(12)22-23(19,20)10-4-2-9(16)3-5-10/h2-7H,1H3,(H,17,18). The van der Waals surface area contributed by atoms with Crippen molar-refractivity contribution >= 4 is 43.6 Å². The highest BCUT2D eigenvalue weighted by atomic mass is 79.9. The minimum absolute atomic E-state index is 0.0330. The summed E-state index contributed by atoms with van der Waals surface area (Å²) in [7, 11) is -2.86. The van der Waals surface area contributed by atoms with Crippen LogP contribution in [0.2, 0.25) is 5.02 Å². The lowest BCUT2D eigenvalue weighted by Gasteiger charge is -2.13. The minimum atomic E-state index is -4.13. The first-order valence-electron chi connectivity index (χ1n) is 6.05. The molecule has 0 unspecified atom stereocenters. The molecule has 0 aliphatic rings. The smallest absolute Gasteiger partial charge is 0.339 e. The van der Waals surface area contributed by atoms with Gasteiger partial charge in [0, 0.05) is 5.02 Å². The van der Waals surface area contributed by atoms with E-state index in [1.807, 2.05) is 0 Å². The molecule has 0 saturated carbocycles. The fourth-order valence-corrected chi connectivity index (χ4v) is 3.40. The first-order valence-corrected chi connectivity index (χ1v) is 8.63. The Labute approximate surface area is 145 Å². The summed E-state index contributed by atoms with van der Waals surface area (Å²) in [6, 6.07) is 7.81. The molecule has 0 aliphatic heterocycles. The van der Waals surface area contributed by atoms with Gasteiger partial charge in [-0.2, -0.15) is 8.42 Å². The van der Waals surface area contributed by atoms with Crippen LogP contribution in [-0.4, -0.2) is 26.6 Å². The van der Waals surface area contributed by atoms with Crippen molar-refractivity contribution < 1.29 is 27.2 Å². The highest BCUT2D eigenvalue weighted by molar-refractivity contribution is 9.10. The second-order valence-corrected chi connectivity index (χ2v) is 7.12. The highest BCUT2D eigenvalue weighted by Gasteiger charge is 2.23. The molecule has 0 atom stereocenters. The Hall–Kier alpha value is -1.77. The summed E-state index contributed by atoms with van der Waals surface area (Å²) < 4.78 is 34.8. The summed E-state index contributed by atoms with van der Waals surface area (Å²) in [5.41, 5.74) is -0.0787. The Morgan fingerprint density at radius 3 is 2.35 bits per heavy atom. The molecule has 9 heteroatoms. The lowest BCUT2D eigenvalue weighted by molar-refractivity contribution is 0.0696. The third-order valence-electron chi connectivity index (χ3n) is 2.77. The van der Waals surface area contributed by atoms with Crippen molar-refractivity contribution in [1.82, 2.24) is 0 Å². The van der Waals surface area contributed by atoms with Gasteiger partial charge < -0.3 is 14.0 Å². The number of rotatable bonds is 5. The van der Waals surface area contributed by atoms with Gasteiger partial charge >= 0.3 is 16.1 Å². The van der Waals surface area contributed by atoms with Crippen LogP contribution < -0.4 is 8.92 Å². The van der Waals surface area contributed by atoms with Gasteiger partial charge in [-0.15, -0.1) is 0 Å². The van der Waals surface area contributed by atoms with Crippen molar-refractivity contribution in [1.29, 1.82) is 0 Å². The van der Waals surface area contributed by atoms with Gasteiger partial charge in [-0.3, -0.25) is 0 Å². The number of methoxy groups -OCH3 is 1. The fraction of sp³-hybridized carbons (Fsp3) is 0.0714. The monoisotopic (exact) mass is 420 g/mol. The van der Waals surface area contributed by atoms with Gasteiger partial charge in [-0.05, 0) is 52.3 Å². The molecule has 0 amide bonds. The van der Waals surface area contributed by atoms with Gasteiger partial charge in [0.25, 0.3) is 0 Å². The summed E-state index contributed by atoms with van der Waals surface area (Å²) in [6.45, 7) is 0. The maximum absolute atomic E-state index is 12.3. The summed E-state index contributed by atoms with van der Waals surface area (Å²) in [5.74, 6) is -1.36. The Morgan fingerprint density at radius 2 is 1.83 bits per heavy atom. The Morgan fingerprint density at radius 1 is 1.22 bits per heavy atom. The molecule has 0 fully saturated rings. The van der Waals surface area contributed by atoms with Crippen LogP contribution in [0.15, 0.2) is 45.8 Å². The van der Waals surface area contributed by atoms with E-state index in [1.165, 1.54) is 43.5 Å². The van der Waals surface area contributed by atoms with Gasteiger partial charge in [-0.25, -0.2) is 4.79 Å². The van der Waals surface area contributed by atoms with Crippen LogP contribution in [0.5, 0.6) is 11.5 Å². The normalized spacial score (nSPS) is 11.1. The summed E-state index contributed by atoms with van der Waals surface area (Å²) in [6.07, 6.45) is 0. The Kier molecular flexibility index (Phi) is 5.18. The molecule has 0 spiro atoms. The Bertz CT molecular complexity index is 848. The number of carboxylic acid groups (broad SMARTS) is 1. The molecule has 0 bridgehead atoms. The molecule has 0 radical (unpaired) electrons. The lowest BCUT2D eigenvalue weighted by atomic mass is 10.2. The zero-order chi connectivity index (χ0) is 17.2. The van der Waals surface area contributed by atoms with Crippen molar-refractivity contribution in [2.24, 2.45) is 0 Å². The number of carboxylic acids is 1. The van der Waals surface area contributed by atoms with Gasteiger partial charge in [0.05, 0.1) is 17.1 Å². The quantitative estimate of drug-likeness (QED) is 0.742. The molecule has 1 N–H and O–H groups in total. The molecule has 23 heavy (non-hydrogen) atoms. The molecule has 0 aliphatic carbocycles. The molecule has 2 rings (SSSR count). The highest BCUT2D eigenvalue weighted by Crippen LogP contribution is 2.38. The van der Waals surface area contributed by atoms with Gasteiger partial charge in [-0.1, -0.05) is 11.6 Å². The Balaban J connectivity index is 2.46. The maximum Gasteiger partial charge on any atom is 0.339 e. The van der Waals surface area contributed by atoms with Gasteiger partial charge in [0.15, 0.2) is 11.5 Å². The van der Waals surface area contributed by atoms with Crippen LogP contribution in [0.3, 0.4) is 0 Å². The topological polar surface area (TPSA) is 89.9 Å². The van der Waals surface area contributed by atoms with Crippen LogP contribution in [0.4, 0.5) is 0 Å². The maximum atomic E-state index is 12.3. The first kappa shape index (κ1) is 17.6. The van der Waals surface area contributed by atoms with E-state index in [4.69, 9.17) is 25.6 Å². The van der Waals surface area contributed by atoms with Crippen molar-refractivity contribution in [3.8, 4) is 11.5 Å². The predicted octanol–water partition coefficient (Wildman–Crippen LogP) is 3.58. The predicted molar refractivity (Wildman–Crippen MR) is 86.9 cm³/mol. The van der Waals surface area contributed by atoms with Crippen LogP contribution in [0.25, 0.3) is 0 Å².